The van der Waals surface area contributed by atoms with Crippen molar-refractivity contribution < 1.29 is 9.59 Å². The summed E-state index contributed by atoms with van der Waals surface area (Å²) in [7, 11) is 1.75. The molecule has 2 amide bonds. The predicted octanol–water partition coefficient (Wildman–Crippen LogP) is 5.14. The molecule has 1 heterocycles. The Hall–Kier alpha value is -0.710. The molecule has 2 aliphatic rings. The Morgan fingerprint density at radius 3 is 1.74 bits per heavy atom. The zero-order valence-electron chi connectivity index (χ0n) is 17.4. The number of carbonyl (C=O) groups excluding carboxylic acids is 2. The van der Waals surface area contributed by atoms with E-state index in [9.17, 15) is 14.4 Å². The number of hydrogen-bond donors (Lipinski definition) is 0. The Balaban J connectivity index is 1.91. The summed E-state index contributed by atoms with van der Waals surface area (Å²) in [6.07, 6.45) is 1.01. The number of aromatic nitrogens is 2. The molecule has 1 aromatic heterocycles. The van der Waals surface area contributed by atoms with Crippen LogP contribution in [0.25, 0.3) is 5.69 Å². The lowest BCUT2D eigenvalue weighted by molar-refractivity contribution is -0.131. The zero-order valence-corrected chi connectivity index (χ0v) is 23.7. The van der Waals surface area contributed by atoms with Crippen molar-refractivity contribution in [3.63, 3.8) is 0 Å². The average Bonchev–Trinajstić information content (AvgIpc) is 3.40. The normalized spacial score (nSPS) is 27.6. The Labute approximate surface area is 213 Å². The van der Waals surface area contributed by atoms with Gasteiger partial charge in [0.25, 0.3) is 5.56 Å². The van der Waals surface area contributed by atoms with Gasteiger partial charge in [0.1, 0.15) is 5.69 Å². The fraction of sp³-hybridized carbons (Fsp3) is 0.476. The lowest BCUT2D eigenvalue weighted by Gasteiger charge is -2.27. The topological polar surface area (TPSA) is 64.3 Å². The first-order valence-corrected chi connectivity index (χ1v) is 12.9. The molecule has 0 spiro atoms. The highest BCUT2D eigenvalue weighted by atomic mass is 79.9. The van der Waals surface area contributed by atoms with Crippen LogP contribution in [0.1, 0.15) is 32.4 Å². The van der Waals surface area contributed by atoms with Gasteiger partial charge in [-0.1, -0.05) is 81.9 Å². The summed E-state index contributed by atoms with van der Waals surface area (Å²) in [5, 5.41) is 0. The van der Waals surface area contributed by atoms with Crippen LogP contribution in [0.15, 0.2) is 35.1 Å². The number of carbonyl (C=O) groups is 2. The lowest BCUT2D eigenvalue weighted by atomic mass is 10.0. The van der Waals surface area contributed by atoms with Crippen molar-refractivity contribution in [3.05, 3.63) is 46.4 Å². The molecule has 0 saturated heterocycles. The van der Waals surface area contributed by atoms with Gasteiger partial charge in [-0.05, 0) is 45.7 Å². The second kappa shape index (κ2) is 7.14. The van der Waals surface area contributed by atoms with Crippen molar-refractivity contribution in [1.82, 2.24) is 9.36 Å². The third-order valence-corrected chi connectivity index (χ3v) is 11.2. The highest BCUT2D eigenvalue weighted by Gasteiger charge is 2.72. The highest BCUT2D eigenvalue weighted by molar-refractivity contribution is 9.26. The molecule has 2 aromatic rings. The van der Waals surface area contributed by atoms with Gasteiger partial charge in [0.2, 0.25) is 11.8 Å². The van der Waals surface area contributed by atoms with Crippen molar-refractivity contribution in [3.8, 4) is 5.69 Å². The summed E-state index contributed by atoms with van der Waals surface area (Å²) in [6.45, 7) is 5.33. The second-order valence-corrected chi connectivity index (χ2v) is 16.3. The summed E-state index contributed by atoms with van der Waals surface area (Å²) in [5.74, 6) is -0.803. The molecule has 0 bridgehead atoms. The molecule has 2 aliphatic carbocycles. The number of amides is 2. The third kappa shape index (κ3) is 3.30. The van der Waals surface area contributed by atoms with E-state index >= 15 is 0 Å². The fourth-order valence-electron chi connectivity index (χ4n) is 3.86. The second-order valence-electron chi connectivity index (χ2n) is 8.78. The van der Waals surface area contributed by atoms with Crippen molar-refractivity contribution in [1.29, 1.82) is 0 Å². The van der Waals surface area contributed by atoms with Gasteiger partial charge in [0.15, 0.2) is 0 Å². The summed E-state index contributed by atoms with van der Waals surface area (Å²) in [6, 6.07) is 9.16. The van der Waals surface area contributed by atoms with Crippen LogP contribution in [0.5, 0.6) is 0 Å². The minimum Gasteiger partial charge on any atom is -0.283 e. The van der Waals surface area contributed by atoms with Crippen LogP contribution in [0.2, 0.25) is 0 Å². The molecule has 2 saturated carbocycles. The quantitative estimate of drug-likeness (QED) is 0.332. The number of anilines is 1. The predicted molar refractivity (Wildman–Crippen MR) is 135 cm³/mol. The molecule has 166 valence electrons. The number of imide groups is 1. The SMILES string of the molecule is Cc1c(N(C(=O)[C@@]2(C)CC2(Br)Br)C(=O)[C@@]2(C)CC2(Br)Br)c(=O)n(-c2ccccc2)n1C. The summed E-state index contributed by atoms with van der Waals surface area (Å²) >= 11 is 14.1. The van der Waals surface area contributed by atoms with Gasteiger partial charge in [0.05, 0.1) is 28.7 Å². The molecule has 31 heavy (non-hydrogen) atoms. The van der Waals surface area contributed by atoms with Crippen LogP contribution in [0, 0.1) is 17.8 Å². The molecule has 2 atom stereocenters. The van der Waals surface area contributed by atoms with Crippen LogP contribution >= 0.6 is 63.7 Å². The number of halogens is 4. The van der Waals surface area contributed by atoms with Crippen molar-refractivity contribution >= 4 is 81.2 Å². The molecular weight excluding hydrogens is 662 g/mol. The molecule has 6 nitrogen and oxygen atoms in total. The molecule has 4 rings (SSSR count). The molecule has 1 aromatic carbocycles. The number of nitrogens with zero attached hydrogens (tertiary/aromatic N) is 3. The maximum Gasteiger partial charge on any atom is 0.296 e. The fourth-order valence-corrected chi connectivity index (χ4v) is 6.79. The average molecular weight is 683 g/mol. The van der Waals surface area contributed by atoms with E-state index in [1.807, 2.05) is 30.3 Å². The first-order valence-electron chi connectivity index (χ1n) is 9.68. The Bertz CT molecular complexity index is 1130. The third-order valence-electron chi connectivity index (χ3n) is 6.61. The van der Waals surface area contributed by atoms with Crippen molar-refractivity contribution in [2.75, 3.05) is 4.90 Å². The van der Waals surface area contributed by atoms with Gasteiger partial charge < -0.3 is 0 Å². The molecule has 10 heteroatoms. The van der Waals surface area contributed by atoms with E-state index in [4.69, 9.17) is 0 Å². The zero-order chi connectivity index (χ0) is 23.1. The van der Waals surface area contributed by atoms with Gasteiger partial charge in [0, 0.05) is 7.05 Å². The first kappa shape index (κ1) is 23.4. The Morgan fingerprint density at radius 1 is 0.935 bits per heavy atom. The molecule has 0 N–H and O–H groups in total. The van der Waals surface area contributed by atoms with Gasteiger partial charge in [-0.25, -0.2) is 9.58 Å². The molecule has 0 radical (unpaired) electrons. The maximum atomic E-state index is 13.8. The van der Waals surface area contributed by atoms with Crippen molar-refractivity contribution in [2.45, 2.75) is 40.1 Å². The first-order chi connectivity index (χ1) is 14.2. The van der Waals surface area contributed by atoms with Gasteiger partial charge >= 0.3 is 0 Å². The molecular formula is C21H21Br4N3O3. The largest absolute Gasteiger partial charge is 0.296 e. The van der Waals surface area contributed by atoms with E-state index in [2.05, 4.69) is 63.7 Å². The number of benzene rings is 1. The smallest absolute Gasteiger partial charge is 0.283 e. The lowest BCUT2D eigenvalue weighted by Crippen LogP contribution is -2.48. The van der Waals surface area contributed by atoms with Gasteiger partial charge in [-0.15, -0.1) is 0 Å². The van der Waals surface area contributed by atoms with Crippen LogP contribution in [-0.2, 0) is 16.6 Å². The van der Waals surface area contributed by atoms with E-state index in [0.717, 1.165) is 4.90 Å². The summed E-state index contributed by atoms with van der Waals surface area (Å²) in [4.78, 5) is 42.3. The monoisotopic (exact) mass is 679 g/mol. The van der Waals surface area contributed by atoms with E-state index < -0.39 is 34.7 Å². The minimum absolute atomic E-state index is 0.0919. The molecule has 0 aliphatic heterocycles. The maximum absolute atomic E-state index is 13.8. The number of hydrogen-bond acceptors (Lipinski definition) is 3. The van der Waals surface area contributed by atoms with E-state index in [1.165, 1.54) is 4.68 Å². The van der Waals surface area contributed by atoms with E-state index in [0.29, 0.717) is 24.2 Å². The van der Waals surface area contributed by atoms with Crippen LogP contribution < -0.4 is 10.5 Å². The van der Waals surface area contributed by atoms with Gasteiger partial charge in [-0.3, -0.25) is 19.1 Å². The summed E-state index contributed by atoms with van der Waals surface area (Å²) < 4.78 is 1.95. The molecule has 0 unspecified atom stereocenters. The summed E-state index contributed by atoms with van der Waals surface area (Å²) in [5.41, 5.74) is -0.845. The molecule has 2 fully saturated rings. The van der Waals surface area contributed by atoms with Crippen LogP contribution in [0.3, 0.4) is 0 Å². The number of rotatable bonds is 4. The van der Waals surface area contributed by atoms with E-state index in [-0.39, 0.29) is 5.69 Å². The standard InChI is InChI=1S/C21H21Br4N3O3/c1-12-14(15(29)28(26(12)4)13-8-6-5-7-9-13)27(16(30)18(2)10-20(18,22)23)17(31)19(3)11-21(19,24)25/h5-9H,10-11H2,1-4H3/t18-,19-/m1/s1. The minimum atomic E-state index is -0.860. The number of alkyl halides is 4. The van der Waals surface area contributed by atoms with Gasteiger partial charge in [-0.2, -0.15) is 0 Å². The van der Waals surface area contributed by atoms with Crippen LogP contribution in [0.4, 0.5) is 5.69 Å². The Kier molecular flexibility index (Phi) is 5.40. The van der Waals surface area contributed by atoms with Crippen molar-refractivity contribution in [2.24, 2.45) is 17.9 Å². The van der Waals surface area contributed by atoms with E-state index in [1.54, 1.807) is 32.5 Å². The van der Waals surface area contributed by atoms with Crippen LogP contribution in [-0.4, -0.2) is 27.6 Å². The Morgan fingerprint density at radius 2 is 1.35 bits per heavy atom. The highest BCUT2D eigenvalue weighted by Crippen LogP contribution is 2.69. The number of para-hydroxylation sites is 1.